The third-order valence-corrected chi connectivity index (χ3v) is 3.29. The molecule has 0 aromatic rings. The molecule has 1 heterocycles. The van der Waals surface area contributed by atoms with Gasteiger partial charge in [0.1, 0.15) is 0 Å². The van der Waals surface area contributed by atoms with Crippen molar-refractivity contribution in [3.8, 4) is 0 Å². The molecule has 0 aromatic heterocycles. The van der Waals surface area contributed by atoms with E-state index in [0.717, 1.165) is 6.54 Å². The zero-order chi connectivity index (χ0) is 6.16. The van der Waals surface area contributed by atoms with Crippen LogP contribution in [0.15, 0.2) is 9.63 Å². The fourth-order valence-electron chi connectivity index (χ4n) is 1.57. The minimum absolute atomic E-state index is 0.472. The van der Waals surface area contributed by atoms with Crippen molar-refractivity contribution in [2.75, 3.05) is 6.54 Å². The Kier molecular flexibility index (Phi) is 1.25. The maximum absolute atomic E-state index is 4.01. The lowest BCUT2D eigenvalue weighted by Gasteiger charge is -2.15. The van der Waals surface area contributed by atoms with E-state index >= 15 is 0 Å². The summed E-state index contributed by atoms with van der Waals surface area (Å²) in [6.45, 7) is 0.984. The van der Waals surface area contributed by atoms with Crippen LogP contribution in [0, 0.1) is 0 Å². The van der Waals surface area contributed by atoms with Crippen molar-refractivity contribution in [3.05, 3.63) is 0 Å². The lowest BCUT2D eigenvalue weighted by Crippen LogP contribution is -2.19. The first kappa shape index (κ1) is 5.71. The van der Waals surface area contributed by atoms with Crippen molar-refractivity contribution in [1.82, 2.24) is 0 Å². The van der Waals surface area contributed by atoms with Gasteiger partial charge in [-0.15, -0.1) is 4.52 Å². The summed E-state index contributed by atoms with van der Waals surface area (Å²) >= 11 is 1.71. The Morgan fingerprint density at radius 2 is 2.00 bits per heavy atom. The Bertz CT molecular complexity index is 128. The number of hydrogen-bond acceptors (Lipinski definition) is 3. The van der Waals surface area contributed by atoms with E-state index in [-0.39, 0.29) is 0 Å². The summed E-state index contributed by atoms with van der Waals surface area (Å²) in [4.78, 5) is 0. The van der Waals surface area contributed by atoms with Gasteiger partial charge in [0.05, 0.1) is 11.3 Å². The van der Waals surface area contributed by atoms with Gasteiger partial charge in [0.15, 0.2) is 0 Å². The molecular formula is C6H10N2S. The van der Waals surface area contributed by atoms with E-state index in [4.69, 9.17) is 0 Å². The molecule has 1 spiro atoms. The molecule has 2 aliphatic rings. The highest BCUT2D eigenvalue weighted by molar-refractivity contribution is 7.99. The molecule has 1 fully saturated rings. The summed E-state index contributed by atoms with van der Waals surface area (Å²) in [7, 11) is 0. The van der Waals surface area contributed by atoms with Gasteiger partial charge in [-0.25, -0.2) is 0 Å². The van der Waals surface area contributed by atoms with Gasteiger partial charge >= 0.3 is 0 Å². The van der Waals surface area contributed by atoms with Crippen molar-refractivity contribution in [2.45, 2.75) is 30.4 Å². The molecule has 1 aliphatic heterocycles. The van der Waals surface area contributed by atoms with Gasteiger partial charge in [-0.05, 0) is 12.8 Å². The van der Waals surface area contributed by atoms with Crippen molar-refractivity contribution in [3.63, 3.8) is 0 Å². The summed E-state index contributed by atoms with van der Waals surface area (Å²) in [5.41, 5.74) is 0. The van der Waals surface area contributed by atoms with E-state index in [1.54, 1.807) is 11.9 Å². The molecule has 0 atom stereocenters. The SMILES string of the molecule is C1CCC2(C1)CN=NS2. The third-order valence-electron chi connectivity index (χ3n) is 2.17. The molecule has 2 nitrogen and oxygen atoms in total. The molecule has 0 bridgehead atoms. The zero-order valence-electron chi connectivity index (χ0n) is 5.34. The van der Waals surface area contributed by atoms with Gasteiger partial charge in [0.25, 0.3) is 0 Å². The highest BCUT2D eigenvalue weighted by Crippen LogP contribution is 2.45. The van der Waals surface area contributed by atoms with Crippen LogP contribution in [-0.4, -0.2) is 11.3 Å². The molecule has 0 unspecified atom stereocenters. The topological polar surface area (TPSA) is 24.7 Å². The van der Waals surface area contributed by atoms with Crippen molar-refractivity contribution in [1.29, 1.82) is 0 Å². The van der Waals surface area contributed by atoms with Crippen molar-refractivity contribution >= 4 is 11.9 Å². The molecule has 0 saturated heterocycles. The minimum atomic E-state index is 0.472. The number of nitrogens with zero attached hydrogens (tertiary/aromatic N) is 2. The second kappa shape index (κ2) is 1.97. The first-order valence-electron chi connectivity index (χ1n) is 3.46. The molecule has 0 radical (unpaired) electrons. The van der Waals surface area contributed by atoms with E-state index in [2.05, 4.69) is 9.63 Å². The molecule has 0 N–H and O–H groups in total. The Morgan fingerprint density at radius 1 is 1.22 bits per heavy atom. The molecule has 0 amide bonds. The molecule has 50 valence electrons. The average Bonchev–Trinajstić information content (AvgIpc) is 2.45. The van der Waals surface area contributed by atoms with Gasteiger partial charge in [0.2, 0.25) is 0 Å². The van der Waals surface area contributed by atoms with Crippen LogP contribution in [-0.2, 0) is 0 Å². The van der Waals surface area contributed by atoms with Crippen LogP contribution >= 0.6 is 11.9 Å². The van der Waals surface area contributed by atoms with Crippen LogP contribution in [0.2, 0.25) is 0 Å². The van der Waals surface area contributed by atoms with Gasteiger partial charge < -0.3 is 0 Å². The van der Waals surface area contributed by atoms with Crippen LogP contribution in [0.1, 0.15) is 25.7 Å². The highest BCUT2D eigenvalue weighted by Gasteiger charge is 2.37. The Balaban J connectivity index is 2.07. The molecule has 9 heavy (non-hydrogen) atoms. The van der Waals surface area contributed by atoms with Gasteiger partial charge in [-0.1, -0.05) is 12.8 Å². The molecule has 1 aliphatic carbocycles. The average molecular weight is 142 g/mol. The van der Waals surface area contributed by atoms with Crippen molar-refractivity contribution in [2.24, 2.45) is 9.63 Å². The van der Waals surface area contributed by atoms with Crippen molar-refractivity contribution < 1.29 is 0 Å². The summed E-state index contributed by atoms with van der Waals surface area (Å²) in [6.07, 6.45) is 5.45. The van der Waals surface area contributed by atoms with Gasteiger partial charge in [0, 0.05) is 11.9 Å². The molecule has 2 rings (SSSR count). The number of rotatable bonds is 0. The monoisotopic (exact) mass is 142 g/mol. The quantitative estimate of drug-likeness (QED) is 0.477. The summed E-state index contributed by atoms with van der Waals surface area (Å²) in [5.74, 6) is 0. The Labute approximate surface area is 59.3 Å². The highest BCUT2D eigenvalue weighted by atomic mass is 32.2. The normalized spacial score (nSPS) is 30.2. The first-order valence-corrected chi connectivity index (χ1v) is 4.24. The van der Waals surface area contributed by atoms with E-state index in [0.29, 0.717) is 4.75 Å². The summed E-state index contributed by atoms with van der Waals surface area (Å²) < 4.78 is 4.43. The van der Waals surface area contributed by atoms with E-state index in [1.807, 2.05) is 0 Å². The second-order valence-corrected chi connectivity index (χ2v) is 4.07. The molecule has 3 heteroatoms. The fraction of sp³-hybridized carbons (Fsp3) is 1.00. The molecule has 1 saturated carbocycles. The Morgan fingerprint density at radius 3 is 2.56 bits per heavy atom. The van der Waals surface area contributed by atoms with Gasteiger partial charge in [-0.2, -0.15) is 5.11 Å². The zero-order valence-corrected chi connectivity index (χ0v) is 6.15. The van der Waals surface area contributed by atoms with E-state index < -0.39 is 0 Å². The maximum Gasteiger partial charge on any atom is 0.0775 e. The van der Waals surface area contributed by atoms with Crippen LogP contribution < -0.4 is 0 Å². The Hall–Kier alpha value is -0.0500. The van der Waals surface area contributed by atoms with Crippen LogP contribution in [0.5, 0.6) is 0 Å². The molecular weight excluding hydrogens is 132 g/mol. The van der Waals surface area contributed by atoms with Crippen LogP contribution in [0.25, 0.3) is 0 Å². The van der Waals surface area contributed by atoms with Gasteiger partial charge in [-0.3, -0.25) is 0 Å². The largest absolute Gasteiger partial charge is 0.180 e. The van der Waals surface area contributed by atoms with E-state index in [9.17, 15) is 0 Å². The standard InChI is InChI=1S/C6H10N2S/c1-2-4-6(3-1)5-7-8-9-6/h1-5H2. The van der Waals surface area contributed by atoms with Crippen LogP contribution in [0.4, 0.5) is 0 Å². The minimum Gasteiger partial charge on any atom is -0.180 e. The predicted octanol–water partition coefficient (Wildman–Crippen LogP) is 2.41. The van der Waals surface area contributed by atoms with E-state index in [1.165, 1.54) is 25.7 Å². The lowest BCUT2D eigenvalue weighted by atomic mass is 10.1. The molecule has 0 aromatic carbocycles. The second-order valence-electron chi connectivity index (χ2n) is 2.86. The third kappa shape index (κ3) is 0.874. The smallest absolute Gasteiger partial charge is 0.0775 e. The summed E-state index contributed by atoms with van der Waals surface area (Å²) in [5, 5.41) is 4.01. The predicted molar refractivity (Wildman–Crippen MR) is 38.5 cm³/mol. The maximum atomic E-state index is 4.01. The fourth-order valence-corrected chi connectivity index (χ4v) is 2.45. The summed E-state index contributed by atoms with van der Waals surface area (Å²) in [6, 6.07) is 0. The number of hydrogen-bond donors (Lipinski definition) is 0. The lowest BCUT2D eigenvalue weighted by molar-refractivity contribution is 0.631. The first-order chi connectivity index (χ1) is 4.41. The van der Waals surface area contributed by atoms with Crippen LogP contribution in [0.3, 0.4) is 0 Å².